The van der Waals surface area contributed by atoms with Crippen LogP contribution < -0.4 is 0 Å². The Hall–Kier alpha value is -3.97. The van der Waals surface area contributed by atoms with E-state index in [1.165, 1.54) is 0 Å². The van der Waals surface area contributed by atoms with Crippen LogP contribution in [-0.4, -0.2) is 4.98 Å². The second-order valence-corrected chi connectivity index (χ2v) is 7.15. The number of hydrogen-bond donors (Lipinski definition) is 0. The van der Waals surface area contributed by atoms with E-state index in [1.54, 1.807) is 0 Å². The third-order valence-electron chi connectivity index (χ3n) is 5.17. The summed E-state index contributed by atoms with van der Waals surface area (Å²) >= 11 is 0. The van der Waals surface area contributed by atoms with Gasteiger partial charge in [-0.15, -0.1) is 0 Å². The van der Waals surface area contributed by atoms with E-state index in [1.807, 2.05) is 24.3 Å². The lowest BCUT2D eigenvalue weighted by Crippen LogP contribution is -1.97. The fourth-order valence-electron chi connectivity index (χ4n) is 3.70. The van der Waals surface area contributed by atoms with E-state index in [2.05, 4.69) is 103 Å². The smallest absolute Gasteiger partial charge is 0.0794 e. The lowest BCUT2D eigenvalue weighted by molar-refractivity contribution is 1.32. The van der Waals surface area contributed by atoms with Gasteiger partial charge >= 0.3 is 0 Å². The molecule has 1 radical (unpaired) electrons. The summed E-state index contributed by atoms with van der Waals surface area (Å²) < 4.78 is 0. The molecule has 0 fully saturated rings. The van der Waals surface area contributed by atoms with Gasteiger partial charge in [0.05, 0.1) is 11.4 Å². The third-order valence-corrected chi connectivity index (χ3v) is 5.17. The largest absolute Gasteiger partial charge is 0.246 e. The molecule has 1 aromatic heterocycles. The van der Waals surface area contributed by atoms with Crippen LogP contribution in [0.5, 0.6) is 0 Å². The normalized spacial score (nSPS) is 10.7. The van der Waals surface area contributed by atoms with Crippen LogP contribution >= 0.6 is 0 Å². The van der Waals surface area contributed by atoms with Crippen molar-refractivity contribution in [1.82, 2.24) is 4.98 Å². The molecule has 0 aliphatic heterocycles. The van der Waals surface area contributed by atoms with E-state index in [4.69, 9.17) is 4.98 Å². The number of aromatic nitrogens is 1. The van der Waals surface area contributed by atoms with Gasteiger partial charge in [-0.1, -0.05) is 121 Å². The molecule has 0 N–H and O–H groups in total. The summed E-state index contributed by atoms with van der Waals surface area (Å²) in [5.74, 6) is 0. The van der Waals surface area contributed by atoms with Crippen molar-refractivity contribution in [1.29, 1.82) is 0 Å². The first-order valence-electron chi connectivity index (χ1n) is 10.1. The molecule has 141 valence electrons. The van der Waals surface area contributed by atoms with Gasteiger partial charge in [0.15, 0.2) is 0 Å². The molecule has 1 heteroatoms. The maximum Gasteiger partial charge on any atom is 0.0794 e. The molecule has 0 aliphatic rings. The molecule has 0 amide bonds. The van der Waals surface area contributed by atoms with Gasteiger partial charge in [0.1, 0.15) is 0 Å². The number of hydrogen-bond acceptors (Lipinski definition) is 1. The number of benzene rings is 4. The lowest BCUT2D eigenvalue weighted by Gasteiger charge is -2.16. The standard InChI is InChI=1S/C29H20N/c1-5-13-22(14-6-1)26-21-27(23-15-7-2-8-16-23)29(25-19-11-4-12-20-25)30-28(26)24-17-9-3-10-18-24/h1-20H. The minimum Gasteiger partial charge on any atom is -0.246 e. The fraction of sp³-hybridized carbons (Fsp3) is 0. The Balaban J connectivity index is 1.85. The molecule has 0 saturated carbocycles. The number of pyridine rings is 1. The predicted octanol–water partition coefficient (Wildman–Crippen LogP) is 7.55. The van der Waals surface area contributed by atoms with Crippen molar-refractivity contribution in [2.24, 2.45) is 0 Å². The van der Waals surface area contributed by atoms with E-state index < -0.39 is 0 Å². The second-order valence-electron chi connectivity index (χ2n) is 7.15. The number of rotatable bonds is 4. The van der Waals surface area contributed by atoms with Crippen molar-refractivity contribution in [2.45, 2.75) is 0 Å². The van der Waals surface area contributed by atoms with Crippen molar-refractivity contribution in [3.8, 4) is 44.8 Å². The van der Waals surface area contributed by atoms with E-state index in [0.717, 1.165) is 44.8 Å². The van der Waals surface area contributed by atoms with Gasteiger partial charge in [-0.3, -0.25) is 0 Å². The van der Waals surface area contributed by atoms with Gasteiger partial charge in [-0.2, -0.15) is 0 Å². The molecule has 4 aromatic carbocycles. The molecule has 5 rings (SSSR count). The maximum atomic E-state index is 5.23. The average Bonchev–Trinajstić information content (AvgIpc) is 2.85. The minimum absolute atomic E-state index is 0.945. The summed E-state index contributed by atoms with van der Waals surface area (Å²) in [6, 6.07) is 45.3. The zero-order chi connectivity index (χ0) is 20.2. The summed E-state index contributed by atoms with van der Waals surface area (Å²) in [5, 5.41) is 0. The molecule has 0 atom stereocenters. The molecule has 0 aliphatic carbocycles. The maximum absolute atomic E-state index is 5.23. The Bertz CT molecular complexity index is 1050. The Labute approximate surface area is 177 Å². The first kappa shape index (κ1) is 18.1. The zero-order valence-corrected chi connectivity index (χ0v) is 16.5. The van der Waals surface area contributed by atoms with Crippen LogP contribution in [0.2, 0.25) is 0 Å². The first-order valence-corrected chi connectivity index (χ1v) is 10.1. The Morgan fingerprint density at radius 1 is 0.367 bits per heavy atom. The van der Waals surface area contributed by atoms with Crippen molar-refractivity contribution >= 4 is 0 Å². The molecule has 0 spiro atoms. The minimum atomic E-state index is 0.945. The Kier molecular flexibility index (Phi) is 4.93. The fourth-order valence-corrected chi connectivity index (χ4v) is 3.70. The van der Waals surface area contributed by atoms with Crippen molar-refractivity contribution in [2.75, 3.05) is 0 Å². The van der Waals surface area contributed by atoms with Crippen LogP contribution in [0, 0.1) is 6.07 Å². The average molecular weight is 382 g/mol. The van der Waals surface area contributed by atoms with E-state index >= 15 is 0 Å². The van der Waals surface area contributed by atoms with Crippen LogP contribution in [-0.2, 0) is 0 Å². The van der Waals surface area contributed by atoms with Crippen molar-refractivity contribution in [3.05, 3.63) is 127 Å². The van der Waals surface area contributed by atoms with Crippen LogP contribution in [0.3, 0.4) is 0 Å². The van der Waals surface area contributed by atoms with Gasteiger partial charge in [-0.05, 0) is 11.1 Å². The highest BCUT2D eigenvalue weighted by molar-refractivity contribution is 5.90. The van der Waals surface area contributed by atoms with Crippen LogP contribution in [0.4, 0.5) is 0 Å². The monoisotopic (exact) mass is 382 g/mol. The Morgan fingerprint density at radius 2 is 0.667 bits per heavy atom. The highest BCUT2D eigenvalue weighted by atomic mass is 14.7. The topological polar surface area (TPSA) is 12.9 Å². The third kappa shape index (κ3) is 3.54. The molecule has 5 aromatic rings. The van der Waals surface area contributed by atoms with Gasteiger partial charge < -0.3 is 0 Å². The van der Waals surface area contributed by atoms with Crippen LogP contribution in [0.25, 0.3) is 44.8 Å². The molecule has 0 bridgehead atoms. The zero-order valence-electron chi connectivity index (χ0n) is 16.5. The highest BCUT2D eigenvalue weighted by Crippen LogP contribution is 2.38. The molecule has 0 saturated heterocycles. The predicted molar refractivity (Wildman–Crippen MR) is 125 cm³/mol. The molecular weight excluding hydrogens is 362 g/mol. The molecule has 1 heterocycles. The molecule has 30 heavy (non-hydrogen) atoms. The molecule has 1 nitrogen and oxygen atoms in total. The van der Waals surface area contributed by atoms with Gasteiger partial charge in [-0.25, -0.2) is 4.98 Å². The first-order chi connectivity index (χ1) is 14.9. The van der Waals surface area contributed by atoms with Gasteiger partial charge in [0.25, 0.3) is 0 Å². The highest BCUT2D eigenvalue weighted by Gasteiger charge is 2.17. The van der Waals surface area contributed by atoms with Gasteiger partial charge in [0.2, 0.25) is 0 Å². The SMILES string of the molecule is [c]1c(-c2ccccc2)c(-c2ccccc2)nc(-c2ccccc2)c1-c1ccccc1. The summed E-state index contributed by atoms with van der Waals surface area (Å²) in [4.78, 5) is 5.23. The molecular formula is C29H20N. The summed E-state index contributed by atoms with van der Waals surface area (Å²) in [7, 11) is 0. The summed E-state index contributed by atoms with van der Waals surface area (Å²) in [6.45, 7) is 0. The van der Waals surface area contributed by atoms with Crippen molar-refractivity contribution in [3.63, 3.8) is 0 Å². The van der Waals surface area contributed by atoms with E-state index in [-0.39, 0.29) is 0 Å². The quantitative estimate of drug-likeness (QED) is 0.313. The van der Waals surface area contributed by atoms with Gasteiger partial charge in [0, 0.05) is 28.3 Å². The number of nitrogens with zero attached hydrogens (tertiary/aromatic N) is 1. The summed E-state index contributed by atoms with van der Waals surface area (Å²) in [5.41, 5.74) is 8.32. The van der Waals surface area contributed by atoms with Crippen LogP contribution in [0.1, 0.15) is 0 Å². The van der Waals surface area contributed by atoms with E-state index in [9.17, 15) is 0 Å². The second kappa shape index (κ2) is 8.18. The van der Waals surface area contributed by atoms with Crippen molar-refractivity contribution < 1.29 is 0 Å². The molecule has 0 unspecified atom stereocenters. The van der Waals surface area contributed by atoms with E-state index in [0.29, 0.717) is 0 Å². The van der Waals surface area contributed by atoms with Crippen LogP contribution in [0.15, 0.2) is 121 Å². The Morgan fingerprint density at radius 3 is 1.00 bits per heavy atom. The lowest BCUT2D eigenvalue weighted by atomic mass is 9.92. The summed E-state index contributed by atoms with van der Waals surface area (Å²) in [6.07, 6.45) is 0.